The highest BCUT2D eigenvalue weighted by atomic mass is 16.1. The second kappa shape index (κ2) is 6.88. The molecule has 2 saturated carbocycles. The largest absolute Gasteiger partial charge is 0.330 e. The molecule has 0 radical (unpaired) electrons. The van der Waals surface area contributed by atoms with Gasteiger partial charge >= 0.3 is 0 Å². The molecule has 2 nitrogen and oxygen atoms in total. The first-order valence-corrected chi connectivity index (χ1v) is 8.43. The van der Waals surface area contributed by atoms with E-state index in [9.17, 15) is 4.79 Å². The molecule has 2 heteroatoms. The van der Waals surface area contributed by atoms with Crippen LogP contribution in [0.25, 0.3) is 0 Å². The molecule has 2 atom stereocenters. The van der Waals surface area contributed by atoms with Gasteiger partial charge in [0.25, 0.3) is 0 Å². The molecule has 2 rings (SSSR count). The van der Waals surface area contributed by atoms with Crippen LogP contribution in [0.5, 0.6) is 0 Å². The van der Waals surface area contributed by atoms with Crippen molar-refractivity contribution in [1.82, 2.24) is 0 Å². The normalized spacial score (nSPS) is 31.1. The van der Waals surface area contributed by atoms with Crippen LogP contribution >= 0.6 is 0 Å². The van der Waals surface area contributed by atoms with Gasteiger partial charge in [-0.2, -0.15) is 0 Å². The van der Waals surface area contributed by atoms with Crippen molar-refractivity contribution in [1.29, 1.82) is 0 Å². The van der Waals surface area contributed by atoms with Gasteiger partial charge in [0.15, 0.2) is 0 Å². The van der Waals surface area contributed by atoms with Gasteiger partial charge in [0, 0.05) is 12.3 Å². The smallest absolute Gasteiger partial charge is 0.136 e. The molecule has 110 valence electrons. The van der Waals surface area contributed by atoms with E-state index in [0.29, 0.717) is 24.2 Å². The Bertz CT molecular complexity index is 294. The first-order valence-electron chi connectivity index (χ1n) is 8.43. The number of nitrogens with two attached hydrogens (primary N) is 1. The maximum Gasteiger partial charge on any atom is 0.136 e. The summed E-state index contributed by atoms with van der Waals surface area (Å²) in [7, 11) is 0. The molecular weight excluding hydrogens is 234 g/mol. The first-order chi connectivity index (χ1) is 9.21. The maximum absolute atomic E-state index is 12.7. The standard InChI is InChI=1S/C17H31NO/c1-2-14-8-4-5-9-15(14)16(19)12-17(13-18)10-6-3-7-11-17/h14-15H,2-13,18H2,1H3. The molecule has 0 aromatic rings. The minimum atomic E-state index is 0.158. The zero-order chi connectivity index (χ0) is 13.7. The molecule has 2 N–H and O–H groups in total. The molecule has 2 unspecified atom stereocenters. The minimum absolute atomic E-state index is 0.158. The molecule has 0 spiro atoms. The summed E-state index contributed by atoms with van der Waals surface area (Å²) >= 11 is 0. The van der Waals surface area contributed by atoms with Crippen LogP contribution in [0.4, 0.5) is 0 Å². The molecule has 0 bridgehead atoms. The molecule has 2 aliphatic rings. The van der Waals surface area contributed by atoms with Crippen molar-refractivity contribution in [3.63, 3.8) is 0 Å². The quantitative estimate of drug-likeness (QED) is 0.814. The zero-order valence-corrected chi connectivity index (χ0v) is 12.6. The predicted molar refractivity (Wildman–Crippen MR) is 79.9 cm³/mol. The van der Waals surface area contributed by atoms with Crippen molar-refractivity contribution in [3.05, 3.63) is 0 Å². The summed E-state index contributed by atoms with van der Waals surface area (Å²) in [6.45, 7) is 2.96. The third kappa shape index (κ3) is 3.59. The van der Waals surface area contributed by atoms with E-state index in [0.717, 1.165) is 12.8 Å². The van der Waals surface area contributed by atoms with E-state index in [1.54, 1.807) is 0 Å². The first kappa shape index (κ1) is 15.0. The van der Waals surface area contributed by atoms with E-state index in [4.69, 9.17) is 5.73 Å². The second-order valence-electron chi connectivity index (χ2n) is 6.97. The summed E-state index contributed by atoms with van der Waals surface area (Å²) < 4.78 is 0. The Balaban J connectivity index is 1.98. The molecule has 0 heterocycles. The summed E-state index contributed by atoms with van der Waals surface area (Å²) in [5, 5.41) is 0. The van der Waals surface area contributed by atoms with Gasteiger partial charge in [-0.3, -0.25) is 4.79 Å². The number of carbonyl (C=O) groups is 1. The fourth-order valence-corrected chi connectivity index (χ4v) is 4.38. The second-order valence-corrected chi connectivity index (χ2v) is 6.97. The van der Waals surface area contributed by atoms with E-state index >= 15 is 0 Å². The number of hydrogen-bond acceptors (Lipinski definition) is 2. The summed E-state index contributed by atoms with van der Waals surface area (Å²) in [5.74, 6) is 1.54. The van der Waals surface area contributed by atoms with Crippen LogP contribution in [0.1, 0.15) is 77.6 Å². The average Bonchev–Trinajstić information content (AvgIpc) is 2.48. The summed E-state index contributed by atoms with van der Waals surface area (Å²) in [4.78, 5) is 12.7. The minimum Gasteiger partial charge on any atom is -0.330 e. The number of hydrogen-bond donors (Lipinski definition) is 1. The SMILES string of the molecule is CCC1CCCCC1C(=O)CC1(CN)CCCCC1. The van der Waals surface area contributed by atoms with Gasteiger partial charge in [0.2, 0.25) is 0 Å². The van der Waals surface area contributed by atoms with Crippen LogP contribution in [0.2, 0.25) is 0 Å². The molecule has 19 heavy (non-hydrogen) atoms. The number of Topliss-reactive ketones (excluding diaryl/α,β-unsaturated/α-hetero) is 1. The van der Waals surface area contributed by atoms with Gasteiger partial charge in [-0.15, -0.1) is 0 Å². The molecule has 0 aliphatic heterocycles. The third-order valence-corrected chi connectivity index (χ3v) is 5.74. The molecule has 0 aromatic heterocycles. The van der Waals surface area contributed by atoms with Crippen LogP contribution in [-0.2, 0) is 4.79 Å². The maximum atomic E-state index is 12.7. The predicted octanol–water partition coefficient (Wildman–Crippen LogP) is 4.07. The molecule has 0 amide bonds. The molecular formula is C17H31NO. The number of rotatable bonds is 5. The van der Waals surface area contributed by atoms with E-state index in [1.807, 2.05) is 0 Å². The highest BCUT2D eigenvalue weighted by Gasteiger charge is 2.37. The van der Waals surface area contributed by atoms with Crippen molar-refractivity contribution in [2.75, 3.05) is 6.54 Å². The Kier molecular flexibility index (Phi) is 5.44. The van der Waals surface area contributed by atoms with E-state index in [2.05, 4.69) is 6.92 Å². The van der Waals surface area contributed by atoms with Crippen molar-refractivity contribution in [3.8, 4) is 0 Å². The van der Waals surface area contributed by atoms with Crippen molar-refractivity contribution in [2.24, 2.45) is 23.0 Å². The van der Waals surface area contributed by atoms with Gasteiger partial charge < -0.3 is 5.73 Å². The number of carbonyl (C=O) groups excluding carboxylic acids is 1. The Hall–Kier alpha value is -0.370. The Morgan fingerprint density at radius 2 is 1.79 bits per heavy atom. The number of ketones is 1. The summed E-state index contributed by atoms with van der Waals surface area (Å²) in [6, 6.07) is 0. The third-order valence-electron chi connectivity index (χ3n) is 5.74. The topological polar surface area (TPSA) is 43.1 Å². The van der Waals surface area contributed by atoms with Gasteiger partial charge in [0.05, 0.1) is 0 Å². The molecule has 0 saturated heterocycles. The van der Waals surface area contributed by atoms with Crippen LogP contribution in [-0.4, -0.2) is 12.3 Å². The van der Waals surface area contributed by atoms with Gasteiger partial charge in [-0.25, -0.2) is 0 Å². The average molecular weight is 265 g/mol. The highest BCUT2D eigenvalue weighted by Crippen LogP contribution is 2.41. The van der Waals surface area contributed by atoms with Crippen LogP contribution in [0.15, 0.2) is 0 Å². The molecule has 0 aromatic carbocycles. The Morgan fingerprint density at radius 3 is 2.42 bits per heavy atom. The van der Waals surface area contributed by atoms with Crippen molar-refractivity contribution < 1.29 is 4.79 Å². The fourth-order valence-electron chi connectivity index (χ4n) is 4.38. The lowest BCUT2D eigenvalue weighted by molar-refractivity contribution is -0.128. The summed E-state index contributed by atoms with van der Waals surface area (Å²) in [5.41, 5.74) is 6.19. The van der Waals surface area contributed by atoms with E-state index < -0.39 is 0 Å². The van der Waals surface area contributed by atoms with Crippen molar-refractivity contribution >= 4 is 5.78 Å². The molecule has 2 aliphatic carbocycles. The van der Waals surface area contributed by atoms with Gasteiger partial charge in [0.1, 0.15) is 5.78 Å². The monoisotopic (exact) mass is 265 g/mol. The Labute approximate surface area is 118 Å². The van der Waals surface area contributed by atoms with E-state index in [1.165, 1.54) is 57.8 Å². The summed E-state index contributed by atoms with van der Waals surface area (Å²) in [6.07, 6.45) is 13.2. The van der Waals surface area contributed by atoms with Crippen molar-refractivity contribution in [2.45, 2.75) is 77.6 Å². The Morgan fingerprint density at radius 1 is 1.11 bits per heavy atom. The van der Waals surface area contributed by atoms with Gasteiger partial charge in [-0.1, -0.05) is 45.4 Å². The lowest BCUT2D eigenvalue weighted by Crippen LogP contribution is -2.38. The van der Waals surface area contributed by atoms with Gasteiger partial charge in [-0.05, 0) is 43.6 Å². The van der Waals surface area contributed by atoms with E-state index in [-0.39, 0.29) is 5.41 Å². The zero-order valence-electron chi connectivity index (χ0n) is 12.6. The molecule has 2 fully saturated rings. The lowest BCUT2D eigenvalue weighted by atomic mass is 9.67. The van der Waals surface area contributed by atoms with Crippen LogP contribution < -0.4 is 5.73 Å². The highest BCUT2D eigenvalue weighted by molar-refractivity contribution is 5.82. The fraction of sp³-hybridized carbons (Fsp3) is 0.941. The van der Waals surface area contributed by atoms with Crippen LogP contribution in [0, 0.1) is 17.3 Å². The van der Waals surface area contributed by atoms with Crippen LogP contribution in [0.3, 0.4) is 0 Å². The lowest BCUT2D eigenvalue weighted by Gasteiger charge is -2.38.